The molecule has 6 heteroatoms. The fourth-order valence-corrected chi connectivity index (χ4v) is 2.11. The second-order valence-electron chi connectivity index (χ2n) is 4.72. The topological polar surface area (TPSA) is 58.4 Å². The SMILES string of the molecule is NC(=O)Nc1cc[c]c(CN2CCC(F)(F)CC2)c1. The van der Waals surface area contributed by atoms with E-state index in [1.807, 2.05) is 4.90 Å². The molecule has 103 valence electrons. The monoisotopic (exact) mass is 268 g/mol. The largest absolute Gasteiger partial charge is 0.351 e. The molecule has 0 aliphatic carbocycles. The summed E-state index contributed by atoms with van der Waals surface area (Å²) >= 11 is 0. The van der Waals surface area contributed by atoms with Crippen molar-refractivity contribution in [1.82, 2.24) is 4.90 Å². The van der Waals surface area contributed by atoms with Crippen LogP contribution in [0.5, 0.6) is 0 Å². The lowest BCUT2D eigenvalue weighted by Gasteiger charge is -2.31. The molecule has 1 fully saturated rings. The Morgan fingerprint density at radius 1 is 1.47 bits per heavy atom. The van der Waals surface area contributed by atoms with Gasteiger partial charge in [-0.25, -0.2) is 13.6 Å². The molecule has 1 saturated heterocycles. The van der Waals surface area contributed by atoms with Crippen LogP contribution in [-0.4, -0.2) is 29.9 Å². The van der Waals surface area contributed by atoms with Gasteiger partial charge in [-0.1, -0.05) is 6.07 Å². The number of hydrogen-bond donors (Lipinski definition) is 2. The van der Waals surface area contributed by atoms with Crippen LogP contribution in [0, 0.1) is 6.07 Å². The molecule has 3 N–H and O–H groups in total. The van der Waals surface area contributed by atoms with Crippen molar-refractivity contribution in [2.24, 2.45) is 5.73 Å². The minimum absolute atomic E-state index is 0.105. The Bertz CT molecular complexity index is 455. The summed E-state index contributed by atoms with van der Waals surface area (Å²) < 4.78 is 26.1. The van der Waals surface area contributed by atoms with Crippen molar-refractivity contribution in [2.45, 2.75) is 25.3 Å². The molecule has 1 aliphatic heterocycles. The fraction of sp³-hybridized carbons (Fsp3) is 0.462. The van der Waals surface area contributed by atoms with E-state index in [2.05, 4.69) is 11.4 Å². The van der Waals surface area contributed by atoms with Gasteiger partial charge in [0.15, 0.2) is 0 Å². The summed E-state index contributed by atoms with van der Waals surface area (Å²) in [5, 5.41) is 2.48. The molecule has 2 rings (SSSR count). The molecule has 19 heavy (non-hydrogen) atoms. The van der Waals surface area contributed by atoms with E-state index >= 15 is 0 Å². The molecule has 0 spiro atoms. The van der Waals surface area contributed by atoms with Gasteiger partial charge in [-0.3, -0.25) is 4.90 Å². The lowest BCUT2D eigenvalue weighted by atomic mass is 10.1. The Hall–Kier alpha value is -1.69. The first-order chi connectivity index (χ1) is 8.94. The summed E-state index contributed by atoms with van der Waals surface area (Å²) in [6.45, 7) is 1.28. The number of nitrogens with zero attached hydrogens (tertiary/aromatic N) is 1. The summed E-state index contributed by atoms with van der Waals surface area (Å²) in [5.74, 6) is -2.53. The normalized spacial score (nSPS) is 19.1. The molecule has 1 radical (unpaired) electrons. The highest BCUT2D eigenvalue weighted by molar-refractivity contribution is 5.87. The molecule has 0 bridgehead atoms. The summed E-state index contributed by atoms with van der Waals surface area (Å²) in [5.41, 5.74) is 6.47. The highest BCUT2D eigenvalue weighted by atomic mass is 19.3. The second-order valence-corrected chi connectivity index (χ2v) is 4.72. The van der Waals surface area contributed by atoms with Crippen molar-refractivity contribution in [3.63, 3.8) is 0 Å². The number of carbonyl (C=O) groups excluding carboxylic acids is 1. The van der Waals surface area contributed by atoms with Crippen LogP contribution >= 0.6 is 0 Å². The first-order valence-corrected chi connectivity index (χ1v) is 6.12. The number of halogens is 2. The highest BCUT2D eigenvalue weighted by Gasteiger charge is 2.33. The number of amides is 2. The molecule has 0 atom stereocenters. The Kier molecular flexibility index (Phi) is 3.99. The van der Waals surface area contributed by atoms with Crippen molar-refractivity contribution < 1.29 is 13.6 Å². The van der Waals surface area contributed by atoms with Crippen molar-refractivity contribution in [2.75, 3.05) is 18.4 Å². The fourth-order valence-electron chi connectivity index (χ4n) is 2.11. The van der Waals surface area contributed by atoms with Crippen LogP contribution in [0.15, 0.2) is 18.2 Å². The van der Waals surface area contributed by atoms with E-state index in [1.165, 1.54) is 0 Å². The van der Waals surface area contributed by atoms with Crippen LogP contribution in [0.3, 0.4) is 0 Å². The number of primary amides is 1. The standard InChI is InChI=1S/C13H16F2N3O/c14-13(15)4-6-18(7-5-13)9-10-2-1-3-11(8-10)17-12(16)19/h1,3,8H,4-7,9H2,(H3,16,17,19). The maximum Gasteiger partial charge on any atom is 0.316 e. The zero-order chi connectivity index (χ0) is 13.9. The van der Waals surface area contributed by atoms with Crippen LogP contribution in [0.4, 0.5) is 19.3 Å². The van der Waals surface area contributed by atoms with Gasteiger partial charge in [0, 0.05) is 38.2 Å². The van der Waals surface area contributed by atoms with Crippen LogP contribution in [0.1, 0.15) is 18.4 Å². The molecule has 1 aromatic carbocycles. The van der Waals surface area contributed by atoms with E-state index in [-0.39, 0.29) is 12.8 Å². The first-order valence-electron chi connectivity index (χ1n) is 6.12. The van der Waals surface area contributed by atoms with E-state index in [0.29, 0.717) is 25.3 Å². The molecule has 0 unspecified atom stereocenters. The third-order valence-electron chi connectivity index (χ3n) is 3.11. The number of nitrogens with one attached hydrogen (secondary N) is 1. The number of benzene rings is 1. The molecule has 1 heterocycles. The smallest absolute Gasteiger partial charge is 0.316 e. The van der Waals surface area contributed by atoms with E-state index in [1.54, 1.807) is 18.2 Å². The van der Waals surface area contributed by atoms with Gasteiger partial charge in [0.2, 0.25) is 0 Å². The van der Waals surface area contributed by atoms with Crippen molar-refractivity contribution >= 4 is 11.7 Å². The number of anilines is 1. The van der Waals surface area contributed by atoms with Gasteiger partial charge in [-0.2, -0.15) is 0 Å². The minimum Gasteiger partial charge on any atom is -0.351 e. The van der Waals surface area contributed by atoms with Gasteiger partial charge >= 0.3 is 6.03 Å². The molecule has 0 saturated carbocycles. The van der Waals surface area contributed by atoms with Crippen molar-refractivity contribution in [1.29, 1.82) is 0 Å². The van der Waals surface area contributed by atoms with Gasteiger partial charge in [-0.15, -0.1) is 0 Å². The lowest BCUT2D eigenvalue weighted by molar-refractivity contribution is -0.0566. The molecular formula is C13H16F2N3O. The van der Waals surface area contributed by atoms with Gasteiger partial charge in [0.1, 0.15) is 0 Å². The number of rotatable bonds is 3. The summed E-state index contributed by atoms with van der Waals surface area (Å²) in [4.78, 5) is 12.7. The van der Waals surface area contributed by atoms with E-state index in [9.17, 15) is 13.6 Å². The molecule has 4 nitrogen and oxygen atoms in total. The Labute approximate surface area is 110 Å². The minimum atomic E-state index is -2.53. The zero-order valence-electron chi connectivity index (χ0n) is 10.5. The number of piperidine rings is 1. The average Bonchev–Trinajstić information content (AvgIpc) is 2.32. The Morgan fingerprint density at radius 2 is 2.16 bits per heavy atom. The van der Waals surface area contributed by atoms with Gasteiger partial charge in [0.05, 0.1) is 0 Å². The number of urea groups is 1. The Morgan fingerprint density at radius 3 is 2.79 bits per heavy atom. The molecule has 0 aromatic heterocycles. The van der Waals surface area contributed by atoms with Crippen LogP contribution in [0.25, 0.3) is 0 Å². The molecule has 2 amide bonds. The number of carbonyl (C=O) groups is 1. The maximum atomic E-state index is 13.0. The zero-order valence-corrected chi connectivity index (χ0v) is 10.5. The second kappa shape index (κ2) is 5.52. The maximum absolute atomic E-state index is 13.0. The van der Waals surface area contributed by atoms with Gasteiger partial charge < -0.3 is 11.1 Å². The number of nitrogens with two attached hydrogens (primary N) is 1. The van der Waals surface area contributed by atoms with Crippen LogP contribution in [-0.2, 0) is 6.54 Å². The van der Waals surface area contributed by atoms with Crippen molar-refractivity contribution in [3.05, 3.63) is 29.8 Å². The summed E-state index contributed by atoms with van der Waals surface area (Å²) in [7, 11) is 0. The molecule has 1 aliphatic rings. The number of likely N-dealkylation sites (tertiary alicyclic amines) is 1. The third kappa shape index (κ3) is 4.17. The quantitative estimate of drug-likeness (QED) is 0.883. The number of hydrogen-bond acceptors (Lipinski definition) is 2. The molecular weight excluding hydrogens is 252 g/mol. The van der Waals surface area contributed by atoms with E-state index < -0.39 is 12.0 Å². The predicted molar refractivity (Wildman–Crippen MR) is 67.9 cm³/mol. The summed E-state index contributed by atoms with van der Waals surface area (Å²) in [6, 6.07) is 7.51. The lowest BCUT2D eigenvalue weighted by Crippen LogP contribution is -2.38. The van der Waals surface area contributed by atoms with E-state index in [4.69, 9.17) is 5.73 Å². The Balaban J connectivity index is 1.94. The highest BCUT2D eigenvalue weighted by Crippen LogP contribution is 2.28. The predicted octanol–water partition coefficient (Wildman–Crippen LogP) is 2.21. The number of alkyl halides is 2. The average molecular weight is 268 g/mol. The first kappa shape index (κ1) is 13.7. The van der Waals surface area contributed by atoms with Crippen LogP contribution < -0.4 is 11.1 Å². The van der Waals surface area contributed by atoms with E-state index in [0.717, 1.165) is 5.56 Å². The third-order valence-corrected chi connectivity index (χ3v) is 3.11. The summed E-state index contributed by atoms with van der Waals surface area (Å²) in [6.07, 6.45) is -0.210. The molecule has 1 aromatic rings. The van der Waals surface area contributed by atoms with Crippen LogP contribution in [0.2, 0.25) is 0 Å². The van der Waals surface area contributed by atoms with Crippen molar-refractivity contribution in [3.8, 4) is 0 Å². The van der Waals surface area contributed by atoms with Gasteiger partial charge in [0.25, 0.3) is 5.92 Å². The van der Waals surface area contributed by atoms with Gasteiger partial charge in [-0.05, 0) is 23.8 Å².